The third kappa shape index (κ3) is 2.98. The van der Waals surface area contributed by atoms with Crippen molar-refractivity contribution in [2.24, 2.45) is 12.8 Å². The van der Waals surface area contributed by atoms with Gasteiger partial charge in [-0.3, -0.25) is 9.25 Å². The standard InChI is InChI=1S/C28H25N7/c1-34-22(13-17-31-34)24-25(18-9-11-19(12-10-18)28(29)14-5-15-28)35-23-8-4-16-30-26(23)32-21-7-3-2-6-20(21)27(35)33-24/h2-4,6-13,16-17H,5,14-15,29H2,1H3,(H,30,32). The molecule has 0 bridgehead atoms. The number of pyridine rings is 1. The lowest BCUT2D eigenvalue weighted by atomic mass is 9.72. The van der Waals surface area contributed by atoms with Crippen LogP contribution in [0.5, 0.6) is 0 Å². The van der Waals surface area contributed by atoms with Gasteiger partial charge in [0.2, 0.25) is 0 Å². The molecule has 1 fully saturated rings. The Bertz CT molecular complexity index is 1570. The first-order valence-corrected chi connectivity index (χ1v) is 12.0. The van der Waals surface area contributed by atoms with Gasteiger partial charge in [0.15, 0.2) is 5.82 Å². The van der Waals surface area contributed by atoms with Gasteiger partial charge in [-0.2, -0.15) is 5.10 Å². The lowest BCUT2D eigenvalue weighted by Crippen LogP contribution is -2.43. The first-order chi connectivity index (χ1) is 17.1. The molecule has 3 aromatic heterocycles. The van der Waals surface area contributed by atoms with Crippen molar-refractivity contribution in [3.63, 3.8) is 0 Å². The van der Waals surface area contributed by atoms with E-state index in [1.165, 1.54) is 12.0 Å². The van der Waals surface area contributed by atoms with Crippen LogP contribution in [0.4, 0.5) is 11.5 Å². The predicted molar refractivity (Wildman–Crippen MR) is 137 cm³/mol. The fourth-order valence-corrected chi connectivity index (χ4v) is 5.28. The average Bonchev–Trinajstić information content (AvgIpc) is 3.43. The van der Waals surface area contributed by atoms with Gasteiger partial charge in [-0.1, -0.05) is 36.4 Å². The molecule has 172 valence electrons. The molecule has 7 heteroatoms. The number of aryl methyl sites for hydroxylation is 1. The van der Waals surface area contributed by atoms with Crippen LogP contribution in [0.25, 0.3) is 39.7 Å². The van der Waals surface area contributed by atoms with Crippen molar-refractivity contribution in [1.82, 2.24) is 24.3 Å². The quantitative estimate of drug-likeness (QED) is 0.370. The number of anilines is 2. The van der Waals surface area contributed by atoms with Crippen LogP contribution in [-0.4, -0.2) is 24.3 Å². The number of benzene rings is 2. The van der Waals surface area contributed by atoms with E-state index in [0.717, 1.165) is 64.1 Å². The van der Waals surface area contributed by atoms with Crippen molar-refractivity contribution in [3.8, 4) is 39.7 Å². The zero-order valence-corrected chi connectivity index (χ0v) is 19.4. The zero-order chi connectivity index (χ0) is 23.6. The number of nitrogens with one attached hydrogen (secondary N) is 1. The molecule has 0 unspecified atom stereocenters. The van der Waals surface area contributed by atoms with E-state index >= 15 is 0 Å². The maximum Gasteiger partial charge on any atom is 0.154 e. The molecule has 7 rings (SSSR count). The summed E-state index contributed by atoms with van der Waals surface area (Å²) in [6.45, 7) is 0. The van der Waals surface area contributed by atoms with Crippen LogP contribution in [0.1, 0.15) is 24.8 Å². The Morgan fingerprint density at radius 3 is 2.51 bits per heavy atom. The predicted octanol–water partition coefficient (Wildman–Crippen LogP) is 5.40. The highest BCUT2D eigenvalue weighted by Crippen LogP contribution is 2.45. The molecule has 3 N–H and O–H groups in total. The second-order valence-electron chi connectivity index (χ2n) is 9.44. The summed E-state index contributed by atoms with van der Waals surface area (Å²) in [5.41, 5.74) is 14.5. The van der Waals surface area contributed by atoms with Crippen LogP contribution < -0.4 is 11.1 Å². The largest absolute Gasteiger partial charge is 0.338 e. The van der Waals surface area contributed by atoms with Crippen molar-refractivity contribution in [2.45, 2.75) is 24.8 Å². The lowest BCUT2D eigenvalue weighted by molar-refractivity contribution is 0.253. The van der Waals surface area contributed by atoms with Crippen LogP contribution >= 0.6 is 0 Å². The average molecular weight is 460 g/mol. The molecular formula is C28H25N7. The first-order valence-electron chi connectivity index (χ1n) is 12.0. The third-order valence-corrected chi connectivity index (χ3v) is 7.37. The molecule has 5 aromatic rings. The minimum atomic E-state index is -0.197. The number of para-hydroxylation sites is 1. The van der Waals surface area contributed by atoms with E-state index in [4.69, 9.17) is 10.7 Å². The van der Waals surface area contributed by atoms with Crippen LogP contribution in [-0.2, 0) is 12.6 Å². The van der Waals surface area contributed by atoms with Gasteiger partial charge in [0.1, 0.15) is 11.5 Å². The SMILES string of the molecule is Cn1nccc1-c1nc2n(c1-c1ccc(C3(N)CCC3)cc1)-c1cccnc1Nc1ccccc1-2. The Hall–Kier alpha value is -4.23. The summed E-state index contributed by atoms with van der Waals surface area (Å²) in [7, 11) is 1.95. The molecular weight excluding hydrogens is 434 g/mol. The molecule has 35 heavy (non-hydrogen) atoms. The molecule has 1 aliphatic heterocycles. The van der Waals surface area contributed by atoms with E-state index in [9.17, 15) is 0 Å². The molecule has 2 aromatic carbocycles. The normalized spacial score (nSPS) is 15.3. The molecule has 1 saturated carbocycles. The Morgan fingerprint density at radius 2 is 1.77 bits per heavy atom. The van der Waals surface area contributed by atoms with Gasteiger partial charge in [0.05, 0.1) is 22.8 Å². The molecule has 1 aliphatic carbocycles. The summed E-state index contributed by atoms with van der Waals surface area (Å²) in [6, 6.07) is 23.0. The Labute approximate surface area is 203 Å². The van der Waals surface area contributed by atoms with Crippen molar-refractivity contribution < 1.29 is 0 Å². The van der Waals surface area contributed by atoms with E-state index < -0.39 is 0 Å². The molecule has 0 saturated heterocycles. The number of aromatic nitrogens is 5. The topological polar surface area (TPSA) is 86.6 Å². The second-order valence-corrected chi connectivity index (χ2v) is 9.44. The summed E-state index contributed by atoms with van der Waals surface area (Å²) in [5.74, 6) is 1.66. The maximum atomic E-state index is 6.62. The fraction of sp³-hybridized carbons (Fsp3) is 0.179. The molecule has 0 spiro atoms. The number of hydrogen-bond acceptors (Lipinski definition) is 5. The maximum absolute atomic E-state index is 6.62. The summed E-state index contributed by atoms with van der Waals surface area (Å²) < 4.78 is 4.09. The van der Waals surface area contributed by atoms with Gasteiger partial charge in [-0.05, 0) is 55.2 Å². The van der Waals surface area contributed by atoms with Gasteiger partial charge in [0, 0.05) is 36.1 Å². The van der Waals surface area contributed by atoms with Gasteiger partial charge >= 0.3 is 0 Å². The van der Waals surface area contributed by atoms with Crippen molar-refractivity contribution in [1.29, 1.82) is 0 Å². The zero-order valence-electron chi connectivity index (χ0n) is 19.4. The molecule has 2 aliphatic rings. The third-order valence-electron chi connectivity index (χ3n) is 7.37. The second kappa shape index (κ2) is 7.38. The smallest absolute Gasteiger partial charge is 0.154 e. The summed E-state index contributed by atoms with van der Waals surface area (Å²) in [4.78, 5) is 9.91. The van der Waals surface area contributed by atoms with E-state index in [2.05, 4.69) is 62.4 Å². The number of nitrogens with zero attached hydrogens (tertiary/aromatic N) is 5. The molecule has 0 atom stereocenters. The van der Waals surface area contributed by atoms with Crippen LogP contribution in [0.3, 0.4) is 0 Å². The minimum Gasteiger partial charge on any atom is -0.338 e. The van der Waals surface area contributed by atoms with Crippen LogP contribution in [0.2, 0.25) is 0 Å². The summed E-state index contributed by atoms with van der Waals surface area (Å²) >= 11 is 0. The monoisotopic (exact) mass is 459 g/mol. The summed E-state index contributed by atoms with van der Waals surface area (Å²) in [6.07, 6.45) is 6.89. The molecule has 4 heterocycles. The number of nitrogens with two attached hydrogens (primary N) is 1. The Balaban J connectivity index is 1.54. The van der Waals surface area contributed by atoms with Crippen LogP contribution in [0, 0.1) is 0 Å². The molecule has 0 radical (unpaired) electrons. The highest BCUT2D eigenvalue weighted by atomic mass is 15.3. The first kappa shape index (κ1) is 20.2. The van der Waals surface area contributed by atoms with Crippen LogP contribution in [0.15, 0.2) is 79.1 Å². The Kier molecular flexibility index (Phi) is 4.25. The van der Waals surface area contributed by atoms with Crippen molar-refractivity contribution in [3.05, 3.63) is 84.7 Å². The van der Waals surface area contributed by atoms with Gasteiger partial charge < -0.3 is 11.1 Å². The number of imidazole rings is 1. The van der Waals surface area contributed by atoms with Gasteiger partial charge in [-0.25, -0.2) is 9.97 Å². The van der Waals surface area contributed by atoms with E-state index in [-0.39, 0.29) is 5.54 Å². The van der Waals surface area contributed by atoms with E-state index in [0.29, 0.717) is 0 Å². The highest BCUT2D eigenvalue weighted by molar-refractivity contribution is 5.90. The Morgan fingerprint density at radius 1 is 0.943 bits per heavy atom. The molecule has 0 amide bonds. The fourth-order valence-electron chi connectivity index (χ4n) is 5.28. The van der Waals surface area contributed by atoms with Crippen molar-refractivity contribution >= 4 is 11.5 Å². The van der Waals surface area contributed by atoms with Crippen molar-refractivity contribution in [2.75, 3.05) is 5.32 Å². The van der Waals surface area contributed by atoms with Gasteiger partial charge in [-0.15, -0.1) is 0 Å². The number of hydrogen-bond donors (Lipinski definition) is 2. The number of rotatable bonds is 3. The minimum absolute atomic E-state index is 0.197. The van der Waals surface area contributed by atoms with Gasteiger partial charge in [0.25, 0.3) is 0 Å². The van der Waals surface area contributed by atoms with E-state index in [1.807, 2.05) is 48.4 Å². The number of fused-ring (bicyclic) bond motifs is 5. The highest BCUT2D eigenvalue weighted by Gasteiger charge is 2.34. The summed E-state index contributed by atoms with van der Waals surface area (Å²) in [5, 5.41) is 7.95. The lowest BCUT2D eigenvalue weighted by Gasteiger charge is -2.38. The van der Waals surface area contributed by atoms with E-state index in [1.54, 1.807) is 0 Å². The molecule has 7 nitrogen and oxygen atoms in total.